The topological polar surface area (TPSA) is 107 Å². The van der Waals surface area contributed by atoms with E-state index >= 15 is 0 Å². The van der Waals surface area contributed by atoms with E-state index in [4.69, 9.17) is 0 Å². The van der Waals surface area contributed by atoms with Crippen LogP contribution in [0.25, 0.3) is 0 Å². The molecule has 0 fully saturated rings. The third kappa shape index (κ3) is 4.76. The van der Waals surface area contributed by atoms with Gasteiger partial charge in [-0.3, -0.25) is 4.79 Å². The van der Waals surface area contributed by atoms with Gasteiger partial charge in [-0.2, -0.15) is 30.0 Å². The Morgan fingerprint density at radius 2 is 1.69 bits per heavy atom. The fraction of sp³-hybridized carbons (Fsp3) is 0.750. The molecule has 0 aliphatic rings. The summed E-state index contributed by atoms with van der Waals surface area (Å²) in [4.78, 5) is 9.69. The lowest BCUT2D eigenvalue weighted by Gasteiger charge is -2.07. The van der Waals surface area contributed by atoms with Crippen molar-refractivity contribution in [1.82, 2.24) is 5.32 Å². The first-order chi connectivity index (χ1) is 7.02. The Labute approximate surface area is 88.8 Å². The fourth-order valence-electron chi connectivity index (χ4n) is 0.452. The second-order valence-electron chi connectivity index (χ2n) is 2.30. The smallest absolute Gasteiger partial charge is 0.358 e. The first-order valence-electron chi connectivity index (χ1n) is 3.44. The van der Waals surface area contributed by atoms with Gasteiger partial charge in [0.25, 0.3) is 10.1 Å². The standard InChI is InChI=1S/C4H6F3NO6S2/c5-4(6,7)16(12,13)14-15(10,11)2-1-8-3-9/h3H,1-2H2,(H,8,9). The molecular formula is C4H6F3NO6S2. The van der Waals surface area contributed by atoms with E-state index in [1.165, 1.54) is 0 Å². The summed E-state index contributed by atoms with van der Waals surface area (Å²) in [6.07, 6.45) is 0.0910. The lowest BCUT2D eigenvalue weighted by atomic mass is 10.8. The Morgan fingerprint density at radius 1 is 1.19 bits per heavy atom. The molecule has 16 heavy (non-hydrogen) atoms. The molecule has 0 radical (unpaired) electrons. The SMILES string of the molecule is O=CNCCS(=O)(=O)OS(=O)(=O)C(F)(F)F. The van der Waals surface area contributed by atoms with Crippen molar-refractivity contribution in [3.05, 3.63) is 0 Å². The van der Waals surface area contributed by atoms with Crippen molar-refractivity contribution in [2.75, 3.05) is 12.3 Å². The van der Waals surface area contributed by atoms with E-state index in [-0.39, 0.29) is 6.41 Å². The van der Waals surface area contributed by atoms with Crippen molar-refractivity contribution in [3.8, 4) is 0 Å². The van der Waals surface area contributed by atoms with Gasteiger partial charge in [-0.05, 0) is 0 Å². The first-order valence-corrected chi connectivity index (χ1v) is 6.42. The van der Waals surface area contributed by atoms with Crippen LogP contribution in [0.4, 0.5) is 13.2 Å². The average Bonchev–Trinajstić information content (AvgIpc) is 1.99. The molecule has 0 bridgehead atoms. The highest BCUT2D eigenvalue weighted by Crippen LogP contribution is 2.25. The Bertz CT molecular complexity index is 437. The number of nitrogens with one attached hydrogen (secondary N) is 1. The number of alkyl halides is 3. The van der Waals surface area contributed by atoms with Gasteiger partial charge in [-0.25, -0.2) is 0 Å². The third-order valence-corrected chi connectivity index (χ3v) is 3.87. The summed E-state index contributed by atoms with van der Waals surface area (Å²) in [5.74, 6) is -1.10. The van der Waals surface area contributed by atoms with Gasteiger partial charge in [0, 0.05) is 6.54 Å². The molecular weight excluding hydrogens is 279 g/mol. The predicted molar refractivity (Wildman–Crippen MR) is 43.9 cm³/mol. The average molecular weight is 285 g/mol. The Hall–Kier alpha value is -0.880. The zero-order chi connectivity index (χ0) is 13.0. The van der Waals surface area contributed by atoms with Crippen LogP contribution in [-0.2, 0) is 28.7 Å². The van der Waals surface area contributed by atoms with Gasteiger partial charge in [-0.15, -0.1) is 3.63 Å². The van der Waals surface area contributed by atoms with Crippen LogP contribution in [0.3, 0.4) is 0 Å². The van der Waals surface area contributed by atoms with Gasteiger partial charge in [0.1, 0.15) is 0 Å². The maximum Gasteiger partial charge on any atom is 0.524 e. The molecule has 0 atom stereocenters. The summed E-state index contributed by atoms with van der Waals surface area (Å²) in [6.45, 7) is -0.570. The lowest BCUT2D eigenvalue weighted by molar-refractivity contribution is -0.109. The number of carbonyl (C=O) groups is 1. The van der Waals surface area contributed by atoms with Crippen LogP contribution in [0.15, 0.2) is 0 Å². The van der Waals surface area contributed by atoms with E-state index in [9.17, 15) is 34.8 Å². The maximum absolute atomic E-state index is 11.7. The second-order valence-corrected chi connectivity index (χ2v) is 5.74. The van der Waals surface area contributed by atoms with Crippen LogP contribution in [0.1, 0.15) is 0 Å². The summed E-state index contributed by atoms with van der Waals surface area (Å²) in [7, 11) is -11.1. The van der Waals surface area contributed by atoms with Gasteiger partial charge in [0.05, 0.1) is 5.75 Å². The lowest BCUT2D eigenvalue weighted by Crippen LogP contribution is -2.31. The van der Waals surface area contributed by atoms with Gasteiger partial charge >= 0.3 is 15.6 Å². The van der Waals surface area contributed by atoms with Crippen LogP contribution >= 0.6 is 0 Å². The van der Waals surface area contributed by atoms with E-state index in [2.05, 4.69) is 3.63 Å². The zero-order valence-corrected chi connectivity index (χ0v) is 9.02. The first kappa shape index (κ1) is 15.1. The molecule has 0 aliphatic carbocycles. The van der Waals surface area contributed by atoms with Crippen LogP contribution in [0, 0.1) is 0 Å². The molecule has 0 aromatic heterocycles. The summed E-state index contributed by atoms with van der Waals surface area (Å²) < 4.78 is 80.1. The summed E-state index contributed by atoms with van der Waals surface area (Å²) >= 11 is 0. The summed E-state index contributed by atoms with van der Waals surface area (Å²) in [5, 5.41) is 1.81. The number of carbonyl (C=O) groups excluding carboxylic acids is 1. The summed E-state index contributed by atoms with van der Waals surface area (Å²) in [6, 6.07) is 0. The molecule has 0 unspecified atom stereocenters. The van der Waals surface area contributed by atoms with Gasteiger partial charge < -0.3 is 5.32 Å². The Kier molecular flexibility index (Phi) is 4.69. The number of hydrogen-bond acceptors (Lipinski definition) is 6. The molecule has 0 heterocycles. The number of hydrogen-bond donors (Lipinski definition) is 1. The third-order valence-electron chi connectivity index (χ3n) is 1.06. The maximum atomic E-state index is 11.7. The highest BCUT2D eigenvalue weighted by molar-refractivity contribution is 8.00. The van der Waals surface area contributed by atoms with E-state index in [0.717, 1.165) is 0 Å². The van der Waals surface area contributed by atoms with E-state index < -0.39 is 38.0 Å². The molecule has 0 spiro atoms. The minimum absolute atomic E-state index is 0.0910. The van der Waals surface area contributed by atoms with Gasteiger partial charge in [-0.1, -0.05) is 0 Å². The monoisotopic (exact) mass is 285 g/mol. The van der Waals surface area contributed by atoms with Crippen molar-refractivity contribution in [2.45, 2.75) is 5.51 Å². The molecule has 1 N–H and O–H groups in total. The highest BCUT2D eigenvalue weighted by Gasteiger charge is 2.50. The van der Waals surface area contributed by atoms with E-state index in [1.807, 2.05) is 5.32 Å². The van der Waals surface area contributed by atoms with Crippen molar-refractivity contribution < 1.29 is 38.4 Å². The largest absolute Gasteiger partial charge is 0.524 e. The molecule has 0 saturated heterocycles. The predicted octanol–water partition coefficient (Wildman–Crippen LogP) is -1.07. The van der Waals surface area contributed by atoms with Gasteiger partial charge in [0.15, 0.2) is 0 Å². The molecule has 1 amide bonds. The molecule has 0 aromatic carbocycles. The highest BCUT2D eigenvalue weighted by atomic mass is 32.3. The quantitative estimate of drug-likeness (QED) is 0.378. The number of halogens is 3. The summed E-state index contributed by atoms with van der Waals surface area (Å²) in [5.41, 5.74) is -5.82. The molecule has 0 aliphatic heterocycles. The molecule has 12 heteroatoms. The second kappa shape index (κ2) is 4.97. The van der Waals surface area contributed by atoms with Crippen molar-refractivity contribution in [2.24, 2.45) is 0 Å². The van der Waals surface area contributed by atoms with Crippen molar-refractivity contribution in [1.29, 1.82) is 0 Å². The number of amides is 1. The van der Waals surface area contributed by atoms with Gasteiger partial charge in [0.2, 0.25) is 6.41 Å². The molecule has 0 saturated carbocycles. The minimum Gasteiger partial charge on any atom is -0.358 e. The molecule has 96 valence electrons. The van der Waals surface area contributed by atoms with Crippen LogP contribution in [0.5, 0.6) is 0 Å². The fourth-order valence-corrected chi connectivity index (χ4v) is 2.49. The Balaban J connectivity index is 4.67. The van der Waals surface area contributed by atoms with Crippen LogP contribution < -0.4 is 5.32 Å². The molecule has 0 rings (SSSR count). The van der Waals surface area contributed by atoms with Crippen LogP contribution in [0.2, 0.25) is 0 Å². The van der Waals surface area contributed by atoms with Crippen LogP contribution in [-0.4, -0.2) is 41.1 Å². The Morgan fingerprint density at radius 3 is 2.06 bits per heavy atom. The normalized spacial score (nSPS) is 13.4. The number of rotatable bonds is 6. The zero-order valence-electron chi connectivity index (χ0n) is 7.39. The van der Waals surface area contributed by atoms with E-state index in [1.54, 1.807) is 0 Å². The minimum atomic E-state index is -6.20. The van der Waals surface area contributed by atoms with E-state index in [0.29, 0.717) is 0 Å². The molecule has 7 nitrogen and oxygen atoms in total. The molecule has 0 aromatic rings. The van der Waals surface area contributed by atoms with Crippen molar-refractivity contribution in [3.63, 3.8) is 0 Å². The van der Waals surface area contributed by atoms with Crippen molar-refractivity contribution >= 4 is 26.6 Å².